The molecule has 1 fully saturated rings. The highest BCUT2D eigenvalue weighted by Crippen LogP contribution is 2.30. The van der Waals surface area contributed by atoms with E-state index >= 15 is 0 Å². The van der Waals surface area contributed by atoms with Crippen LogP contribution >= 0.6 is 11.6 Å². The first-order valence-corrected chi connectivity index (χ1v) is 9.76. The molecule has 25 heavy (non-hydrogen) atoms. The number of rotatable bonds is 4. The summed E-state index contributed by atoms with van der Waals surface area (Å²) in [6.45, 7) is 2.42. The first-order chi connectivity index (χ1) is 11.9. The van der Waals surface area contributed by atoms with Gasteiger partial charge in [-0.25, -0.2) is 8.42 Å². The van der Waals surface area contributed by atoms with Crippen molar-refractivity contribution in [3.05, 3.63) is 59.1 Å². The second-order valence-corrected chi connectivity index (χ2v) is 8.30. The van der Waals surface area contributed by atoms with Crippen LogP contribution in [0, 0.1) is 0 Å². The molecule has 0 bridgehead atoms. The molecule has 1 heterocycles. The third-order valence-electron chi connectivity index (χ3n) is 4.27. The smallest absolute Gasteiger partial charge is 0.243 e. The van der Waals surface area contributed by atoms with Gasteiger partial charge in [0.2, 0.25) is 10.0 Å². The van der Waals surface area contributed by atoms with Crippen LogP contribution in [-0.2, 0) is 14.8 Å². The predicted molar refractivity (Wildman–Crippen MR) is 96.5 cm³/mol. The van der Waals surface area contributed by atoms with E-state index in [1.54, 1.807) is 25.3 Å². The Morgan fingerprint density at radius 1 is 1.20 bits per heavy atom. The topological polar surface area (TPSA) is 55.8 Å². The molecule has 2 aromatic carbocycles. The quantitative estimate of drug-likeness (QED) is 0.813. The number of morpholine rings is 1. The number of hydrogen-bond acceptors (Lipinski definition) is 4. The number of nitrogens with zero attached hydrogens (tertiary/aromatic N) is 1. The summed E-state index contributed by atoms with van der Waals surface area (Å²) in [4.78, 5) is 0.197. The van der Waals surface area contributed by atoms with Crippen molar-refractivity contribution >= 4 is 21.6 Å². The second kappa shape index (κ2) is 7.33. The van der Waals surface area contributed by atoms with Gasteiger partial charge in [-0.1, -0.05) is 29.8 Å². The van der Waals surface area contributed by atoms with Crippen LogP contribution in [0.4, 0.5) is 0 Å². The summed E-state index contributed by atoms with van der Waals surface area (Å²) in [6.07, 6.45) is -0.323. The average Bonchev–Trinajstić information content (AvgIpc) is 2.62. The van der Waals surface area contributed by atoms with Crippen molar-refractivity contribution in [1.29, 1.82) is 0 Å². The van der Waals surface area contributed by atoms with E-state index in [9.17, 15) is 8.42 Å². The van der Waals surface area contributed by atoms with Crippen molar-refractivity contribution in [3.63, 3.8) is 0 Å². The third-order valence-corrected chi connectivity index (χ3v) is 6.48. The van der Waals surface area contributed by atoms with E-state index in [-0.39, 0.29) is 23.6 Å². The van der Waals surface area contributed by atoms with Gasteiger partial charge in [-0.2, -0.15) is 4.31 Å². The van der Waals surface area contributed by atoms with E-state index in [2.05, 4.69) is 0 Å². The van der Waals surface area contributed by atoms with Gasteiger partial charge in [-0.15, -0.1) is 0 Å². The third kappa shape index (κ3) is 3.82. The molecule has 7 heteroatoms. The lowest BCUT2D eigenvalue weighted by molar-refractivity contribution is -0.0288. The van der Waals surface area contributed by atoms with Gasteiger partial charge in [0.05, 0.1) is 24.7 Å². The summed E-state index contributed by atoms with van der Waals surface area (Å²) >= 11 is 5.96. The molecule has 2 atom stereocenters. The van der Waals surface area contributed by atoms with Gasteiger partial charge >= 0.3 is 0 Å². The maximum absolute atomic E-state index is 13.0. The van der Waals surface area contributed by atoms with E-state index in [1.807, 2.05) is 31.2 Å². The molecule has 2 aromatic rings. The van der Waals surface area contributed by atoms with Crippen LogP contribution in [0.5, 0.6) is 5.75 Å². The van der Waals surface area contributed by atoms with Gasteiger partial charge in [-0.05, 0) is 42.8 Å². The Labute approximate surface area is 153 Å². The lowest BCUT2D eigenvalue weighted by Crippen LogP contribution is -2.48. The Bertz CT molecular complexity index is 838. The molecule has 134 valence electrons. The molecule has 1 saturated heterocycles. The molecule has 1 aliphatic heterocycles. The highest BCUT2D eigenvalue weighted by Gasteiger charge is 2.36. The van der Waals surface area contributed by atoms with Gasteiger partial charge in [-0.3, -0.25) is 0 Å². The fraction of sp³-hybridized carbons (Fsp3) is 0.333. The minimum Gasteiger partial charge on any atom is -0.497 e. The van der Waals surface area contributed by atoms with Crippen molar-refractivity contribution in [3.8, 4) is 5.75 Å². The van der Waals surface area contributed by atoms with Crippen molar-refractivity contribution in [2.75, 3.05) is 20.3 Å². The van der Waals surface area contributed by atoms with E-state index in [0.717, 1.165) is 11.3 Å². The summed E-state index contributed by atoms with van der Waals surface area (Å²) in [6, 6.07) is 13.5. The molecule has 3 rings (SSSR count). The van der Waals surface area contributed by atoms with Crippen LogP contribution in [0.1, 0.15) is 18.6 Å². The van der Waals surface area contributed by atoms with Crippen LogP contribution in [0.25, 0.3) is 0 Å². The number of hydrogen-bond donors (Lipinski definition) is 0. The Balaban J connectivity index is 1.87. The normalized spacial score (nSPS) is 21.9. The summed E-state index contributed by atoms with van der Waals surface area (Å²) < 4.78 is 38.5. The lowest BCUT2D eigenvalue weighted by atomic mass is 10.1. The SMILES string of the molecule is COc1ccc(C2CN(S(=O)(=O)c3cccc(Cl)c3)C(C)CO2)cc1. The monoisotopic (exact) mass is 381 g/mol. The number of benzene rings is 2. The zero-order chi connectivity index (χ0) is 18.0. The molecule has 0 spiro atoms. The average molecular weight is 382 g/mol. The Morgan fingerprint density at radius 2 is 1.92 bits per heavy atom. The maximum atomic E-state index is 13.0. The van der Waals surface area contributed by atoms with Crippen molar-refractivity contribution in [2.45, 2.75) is 24.0 Å². The van der Waals surface area contributed by atoms with Crippen molar-refractivity contribution in [1.82, 2.24) is 4.31 Å². The van der Waals surface area contributed by atoms with Crippen LogP contribution in [0.3, 0.4) is 0 Å². The molecule has 0 aliphatic carbocycles. The fourth-order valence-corrected chi connectivity index (χ4v) is 4.77. The van der Waals surface area contributed by atoms with E-state index in [0.29, 0.717) is 11.6 Å². The number of ether oxygens (including phenoxy) is 2. The number of methoxy groups -OCH3 is 1. The Hall–Kier alpha value is -1.60. The summed E-state index contributed by atoms with van der Waals surface area (Å²) in [5.41, 5.74) is 0.916. The van der Waals surface area contributed by atoms with Gasteiger partial charge in [0.15, 0.2) is 0 Å². The van der Waals surface area contributed by atoms with Crippen LogP contribution in [-0.4, -0.2) is 39.0 Å². The molecule has 5 nitrogen and oxygen atoms in total. The van der Waals surface area contributed by atoms with Gasteiger partial charge in [0.1, 0.15) is 5.75 Å². The summed E-state index contributed by atoms with van der Waals surface area (Å²) in [5, 5.41) is 0.397. The van der Waals surface area contributed by atoms with Crippen LogP contribution in [0.2, 0.25) is 5.02 Å². The molecule has 1 aliphatic rings. The zero-order valence-electron chi connectivity index (χ0n) is 14.1. The minimum atomic E-state index is -3.64. The maximum Gasteiger partial charge on any atom is 0.243 e. The van der Waals surface area contributed by atoms with Crippen LogP contribution in [0.15, 0.2) is 53.4 Å². The predicted octanol–water partition coefficient (Wildman–Crippen LogP) is 3.50. The zero-order valence-corrected chi connectivity index (χ0v) is 15.6. The summed E-state index contributed by atoms with van der Waals surface area (Å²) in [5.74, 6) is 0.747. The second-order valence-electron chi connectivity index (χ2n) is 5.98. The molecular weight excluding hydrogens is 362 g/mol. The Morgan fingerprint density at radius 3 is 2.56 bits per heavy atom. The van der Waals surface area contributed by atoms with Crippen molar-refractivity contribution < 1.29 is 17.9 Å². The molecule has 2 unspecified atom stereocenters. The first kappa shape index (κ1) is 18.2. The van der Waals surface area contributed by atoms with Gasteiger partial charge in [0, 0.05) is 17.6 Å². The van der Waals surface area contributed by atoms with Crippen molar-refractivity contribution in [2.24, 2.45) is 0 Å². The standard InChI is InChI=1S/C18H20ClNO4S/c1-13-12-24-18(14-6-8-16(23-2)9-7-14)11-20(13)25(21,22)17-5-3-4-15(19)10-17/h3-10,13,18H,11-12H2,1-2H3. The molecule has 0 N–H and O–H groups in total. The largest absolute Gasteiger partial charge is 0.497 e. The number of halogens is 1. The van der Waals surface area contributed by atoms with Gasteiger partial charge in [0.25, 0.3) is 0 Å². The highest BCUT2D eigenvalue weighted by molar-refractivity contribution is 7.89. The lowest BCUT2D eigenvalue weighted by Gasteiger charge is -2.37. The fourth-order valence-electron chi connectivity index (χ4n) is 2.85. The summed E-state index contributed by atoms with van der Waals surface area (Å²) in [7, 11) is -2.04. The molecular formula is C18H20ClNO4S. The highest BCUT2D eigenvalue weighted by atomic mass is 35.5. The number of sulfonamides is 1. The first-order valence-electron chi connectivity index (χ1n) is 7.95. The molecule has 0 radical (unpaired) electrons. The van der Waals surface area contributed by atoms with E-state index in [4.69, 9.17) is 21.1 Å². The Kier molecular flexibility index (Phi) is 5.34. The van der Waals surface area contributed by atoms with E-state index in [1.165, 1.54) is 10.4 Å². The van der Waals surface area contributed by atoms with Gasteiger partial charge < -0.3 is 9.47 Å². The molecule has 0 saturated carbocycles. The minimum absolute atomic E-state index is 0.197. The van der Waals surface area contributed by atoms with Crippen LogP contribution < -0.4 is 4.74 Å². The molecule has 0 amide bonds. The molecule has 0 aromatic heterocycles. The van der Waals surface area contributed by atoms with E-state index < -0.39 is 10.0 Å².